The van der Waals surface area contributed by atoms with Crippen LogP contribution in [0.25, 0.3) is 28.1 Å². The molecule has 2 heterocycles. The lowest BCUT2D eigenvalue weighted by atomic mass is 9.93. The molecule has 36 heavy (non-hydrogen) atoms. The van der Waals surface area contributed by atoms with Gasteiger partial charge in [-0.25, -0.2) is 9.37 Å². The first-order valence-corrected chi connectivity index (χ1v) is 12.2. The van der Waals surface area contributed by atoms with Crippen molar-refractivity contribution in [2.75, 3.05) is 5.32 Å². The van der Waals surface area contributed by atoms with E-state index in [1.807, 2.05) is 42.5 Å². The molecule has 3 aliphatic rings. The van der Waals surface area contributed by atoms with E-state index in [0.717, 1.165) is 70.5 Å². The smallest absolute Gasteiger partial charge is 0.123 e. The predicted octanol–water partition coefficient (Wildman–Crippen LogP) is 5.61. The quantitative estimate of drug-likeness (QED) is 0.329. The van der Waals surface area contributed by atoms with Crippen LogP contribution in [0.15, 0.2) is 90.2 Å². The van der Waals surface area contributed by atoms with Crippen LogP contribution in [0, 0.1) is 5.82 Å². The normalized spacial score (nSPS) is 18.6. The van der Waals surface area contributed by atoms with Crippen molar-refractivity contribution in [1.29, 1.82) is 0 Å². The molecule has 1 aromatic heterocycles. The number of hydrogen-bond acceptors (Lipinski definition) is 5. The number of rotatable bonds is 4. The van der Waals surface area contributed by atoms with Gasteiger partial charge in [0.25, 0.3) is 0 Å². The van der Waals surface area contributed by atoms with Crippen molar-refractivity contribution in [3.05, 3.63) is 96.4 Å². The number of benzene rings is 3. The largest absolute Gasteiger partial charge is 0.393 e. The van der Waals surface area contributed by atoms with Crippen molar-refractivity contribution in [2.45, 2.75) is 37.8 Å². The van der Waals surface area contributed by atoms with Crippen molar-refractivity contribution in [2.24, 2.45) is 4.99 Å². The van der Waals surface area contributed by atoms with Crippen LogP contribution in [0.1, 0.15) is 25.7 Å². The summed E-state index contributed by atoms with van der Waals surface area (Å²) in [7, 11) is 0. The van der Waals surface area contributed by atoms with E-state index in [2.05, 4.69) is 20.9 Å². The lowest BCUT2D eigenvalue weighted by molar-refractivity contribution is 0.123. The average Bonchev–Trinajstić information content (AvgIpc) is 2.90. The van der Waals surface area contributed by atoms with Gasteiger partial charge in [0.15, 0.2) is 0 Å². The summed E-state index contributed by atoms with van der Waals surface area (Å²) in [5.74, 6) is -0.278. The number of para-hydroxylation sites is 2. The summed E-state index contributed by atoms with van der Waals surface area (Å²) >= 11 is 0. The maximum Gasteiger partial charge on any atom is 0.123 e. The van der Waals surface area contributed by atoms with E-state index < -0.39 is 0 Å². The zero-order valence-electron chi connectivity index (χ0n) is 19.7. The average molecular weight is 480 g/mol. The van der Waals surface area contributed by atoms with E-state index in [0.29, 0.717) is 0 Å². The Morgan fingerprint density at radius 2 is 1.75 bits per heavy atom. The number of aliphatic hydroxyl groups excluding tert-OH is 1. The minimum atomic E-state index is -0.278. The van der Waals surface area contributed by atoms with Crippen LogP contribution in [0.2, 0.25) is 0 Å². The van der Waals surface area contributed by atoms with E-state index in [1.54, 1.807) is 24.5 Å². The SMILES string of the molecule is O[C@H]1CC[C@H](/N=c2\cc3n(-c4ccc(F)cc4)c4ccccc4nc-3cc2Nc2cccnc2)CC1. The number of pyridine rings is 1. The number of aliphatic hydroxyl groups is 1. The Morgan fingerprint density at radius 1 is 0.944 bits per heavy atom. The fourth-order valence-electron chi connectivity index (χ4n) is 4.89. The van der Waals surface area contributed by atoms with Crippen LogP contribution in [-0.4, -0.2) is 31.8 Å². The molecule has 6 rings (SSSR count). The maximum absolute atomic E-state index is 13.8. The van der Waals surface area contributed by atoms with E-state index in [-0.39, 0.29) is 18.0 Å². The minimum absolute atomic E-state index is 0.132. The first-order valence-electron chi connectivity index (χ1n) is 12.2. The molecule has 0 spiro atoms. The molecule has 0 saturated heterocycles. The summed E-state index contributed by atoms with van der Waals surface area (Å²) in [5.41, 5.74) is 5.99. The minimum Gasteiger partial charge on any atom is -0.393 e. The van der Waals surface area contributed by atoms with Crippen molar-refractivity contribution in [1.82, 2.24) is 14.5 Å². The van der Waals surface area contributed by atoms with Gasteiger partial charge in [-0.05, 0) is 86.3 Å². The highest BCUT2D eigenvalue weighted by atomic mass is 19.1. The van der Waals surface area contributed by atoms with Crippen LogP contribution in [0.5, 0.6) is 0 Å². The second-order valence-corrected chi connectivity index (χ2v) is 9.23. The van der Waals surface area contributed by atoms with Gasteiger partial charge in [0, 0.05) is 11.9 Å². The Balaban J connectivity index is 1.60. The third-order valence-corrected chi connectivity index (χ3v) is 6.71. The van der Waals surface area contributed by atoms with Crippen molar-refractivity contribution >= 4 is 22.4 Å². The van der Waals surface area contributed by atoms with Crippen LogP contribution in [0.4, 0.5) is 15.8 Å². The summed E-state index contributed by atoms with van der Waals surface area (Å²) in [5, 5.41) is 14.3. The molecule has 2 aromatic carbocycles. The summed E-state index contributed by atoms with van der Waals surface area (Å²) in [6.07, 6.45) is 6.49. The first-order chi connectivity index (χ1) is 17.6. The molecule has 6 nitrogen and oxygen atoms in total. The van der Waals surface area contributed by atoms with Gasteiger partial charge in [0.1, 0.15) is 5.82 Å². The number of halogens is 1. The third-order valence-electron chi connectivity index (χ3n) is 6.71. The van der Waals surface area contributed by atoms with Crippen LogP contribution >= 0.6 is 0 Å². The molecular weight excluding hydrogens is 453 g/mol. The van der Waals surface area contributed by atoms with E-state index in [4.69, 9.17) is 9.98 Å². The number of nitrogens with zero attached hydrogens (tertiary/aromatic N) is 4. The van der Waals surface area contributed by atoms with Crippen molar-refractivity contribution in [3.63, 3.8) is 0 Å². The van der Waals surface area contributed by atoms with Crippen LogP contribution < -0.4 is 10.7 Å². The van der Waals surface area contributed by atoms with Gasteiger partial charge in [-0.3, -0.25) is 9.98 Å². The summed E-state index contributed by atoms with van der Waals surface area (Å²) in [6.45, 7) is 0. The molecular formula is C29H26FN5O. The molecule has 0 radical (unpaired) electrons. The zero-order chi connectivity index (χ0) is 24.5. The topological polar surface area (TPSA) is 75.3 Å². The van der Waals surface area contributed by atoms with Crippen LogP contribution in [-0.2, 0) is 0 Å². The number of anilines is 2. The highest BCUT2D eigenvalue weighted by Crippen LogP contribution is 2.31. The summed E-state index contributed by atoms with van der Waals surface area (Å²) in [6, 6.07) is 22.5. The fourth-order valence-corrected chi connectivity index (χ4v) is 4.89. The second-order valence-electron chi connectivity index (χ2n) is 9.23. The number of hydrogen-bond donors (Lipinski definition) is 2. The number of fused-ring (bicyclic) bond motifs is 2. The summed E-state index contributed by atoms with van der Waals surface area (Å²) < 4.78 is 15.9. The standard InChI is InChI=1S/C29H26FN5O/c30-19-7-11-22(12-8-19)35-28-6-2-1-5-24(28)34-27-16-25(33-21-4-3-15-31-18-21)26(17-29(27)35)32-20-9-13-23(36)14-10-20/h1-8,11-12,15-18,20,23,33,36H,9-10,13-14H2/b32-26+/t20-,23-. The van der Waals surface area contributed by atoms with Gasteiger partial charge >= 0.3 is 0 Å². The lowest BCUT2D eigenvalue weighted by Gasteiger charge is -2.23. The zero-order valence-corrected chi connectivity index (χ0v) is 19.7. The van der Waals surface area contributed by atoms with Gasteiger partial charge in [-0.1, -0.05) is 12.1 Å². The Hall–Kier alpha value is -4.10. The van der Waals surface area contributed by atoms with Gasteiger partial charge in [0.2, 0.25) is 0 Å². The highest BCUT2D eigenvalue weighted by molar-refractivity contribution is 5.84. The molecule has 1 saturated carbocycles. The molecule has 0 unspecified atom stereocenters. The molecule has 0 bridgehead atoms. The van der Waals surface area contributed by atoms with Gasteiger partial charge < -0.3 is 15.0 Å². The van der Waals surface area contributed by atoms with E-state index in [9.17, 15) is 9.50 Å². The van der Waals surface area contributed by atoms with Crippen molar-refractivity contribution < 1.29 is 9.50 Å². The second kappa shape index (κ2) is 9.51. The predicted molar refractivity (Wildman–Crippen MR) is 139 cm³/mol. The van der Waals surface area contributed by atoms with Crippen molar-refractivity contribution in [3.8, 4) is 17.1 Å². The first kappa shape index (κ1) is 22.4. The number of nitrogens with one attached hydrogen (secondary N) is 1. The molecule has 1 fully saturated rings. The number of aromatic nitrogens is 3. The monoisotopic (exact) mass is 479 g/mol. The molecule has 3 aromatic rings. The molecule has 180 valence electrons. The van der Waals surface area contributed by atoms with E-state index in [1.165, 1.54) is 12.1 Å². The molecule has 7 heteroatoms. The van der Waals surface area contributed by atoms with Gasteiger partial charge in [-0.15, -0.1) is 0 Å². The summed E-state index contributed by atoms with van der Waals surface area (Å²) in [4.78, 5) is 14.3. The van der Waals surface area contributed by atoms with Crippen LogP contribution in [0.3, 0.4) is 0 Å². The Kier molecular flexibility index (Phi) is 5.91. The molecule has 2 N–H and O–H groups in total. The molecule has 2 aliphatic carbocycles. The fraction of sp³-hybridized carbons (Fsp3) is 0.207. The Labute approximate surface area is 208 Å². The van der Waals surface area contributed by atoms with Gasteiger partial charge in [-0.2, -0.15) is 0 Å². The highest BCUT2D eigenvalue weighted by Gasteiger charge is 2.20. The lowest BCUT2D eigenvalue weighted by Crippen LogP contribution is -2.24. The molecule has 0 atom stereocenters. The van der Waals surface area contributed by atoms with Gasteiger partial charge in [0.05, 0.1) is 57.5 Å². The Morgan fingerprint density at radius 3 is 2.53 bits per heavy atom. The van der Waals surface area contributed by atoms with E-state index >= 15 is 0 Å². The molecule has 0 amide bonds. The maximum atomic E-state index is 13.8. The molecule has 1 aliphatic heterocycles. The third kappa shape index (κ3) is 4.45. The Bertz CT molecular complexity index is 1540.